The minimum absolute atomic E-state index is 0.243. The zero-order chi connectivity index (χ0) is 73.7. The third-order valence-corrected chi connectivity index (χ3v) is 20.6. The normalized spacial score (nSPS) is 22.1. The van der Waals surface area contributed by atoms with Gasteiger partial charge < -0.3 is 65.1 Å². The van der Waals surface area contributed by atoms with Gasteiger partial charge in [0.25, 0.3) is 0 Å². The molecule has 594 valence electrons. The lowest BCUT2D eigenvalue weighted by Crippen LogP contribution is -2.65. The highest BCUT2D eigenvalue weighted by molar-refractivity contribution is 5.76. The second kappa shape index (κ2) is 71.1. The number of hydrogen-bond donors (Lipinski definition) is 9. The number of ether oxygens (including phenoxy) is 4. The van der Waals surface area contributed by atoms with Crippen LogP contribution in [0.15, 0.2) is 85.1 Å². The van der Waals surface area contributed by atoms with Crippen molar-refractivity contribution in [2.45, 2.75) is 447 Å². The first kappa shape index (κ1) is 95.2. The van der Waals surface area contributed by atoms with Gasteiger partial charge in [0.1, 0.15) is 48.8 Å². The molecule has 9 N–H and O–H groups in total. The van der Waals surface area contributed by atoms with Crippen LogP contribution in [0.5, 0.6) is 0 Å². The fourth-order valence-corrected chi connectivity index (χ4v) is 13.9. The van der Waals surface area contributed by atoms with Gasteiger partial charge in [0, 0.05) is 6.42 Å². The monoisotopic (exact) mass is 1440 g/mol. The molecule has 2 saturated heterocycles. The van der Waals surface area contributed by atoms with Gasteiger partial charge in [-0.25, -0.2) is 0 Å². The SMILES string of the molecule is CC/C=C\C/C=C\C/C=C\C/C=C\C/C=C\CCCCCCCCCCCCCCCCCCCCCCCCCC(=O)NC(COC1OC(CO)C(OC2OC(CO)C(O)C(O)C2O)C(O)C1O)C(O)/C=C/CC/C=C/CCCCCCCCCCCCCCCCCCCCCCCCC. The van der Waals surface area contributed by atoms with Crippen molar-refractivity contribution in [3.8, 4) is 0 Å². The Bertz CT molecular complexity index is 2040. The van der Waals surface area contributed by atoms with Crippen LogP contribution in [0, 0.1) is 0 Å². The molecule has 102 heavy (non-hydrogen) atoms. The number of aliphatic hydroxyl groups is 8. The summed E-state index contributed by atoms with van der Waals surface area (Å²) in [6.45, 7) is 2.72. The number of unbranched alkanes of at least 4 members (excludes halogenated alkanes) is 47. The third kappa shape index (κ3) is 53.0. The van der Waals surface area contributed by atoms with Crippen molar-refractivity contribution in [1.82, 2.24) is 5.32 Å². The fourth-order valence-electron chi connectivity index (χ4n) is 13.9. The van der Waals surface area contributed by atoms with Crippen LogP contribution in [-0.4, -0.2) is 140 Å². The van der Waals surface area contributed by atoms with Gasteiger partial charge in [-0.2, -0.15) is 0 Å². The minimum Gasteiger partial charge on any atom is -0.394 e. The molecule has 12 unspecified atom stereocenters. The average Bonchev–Trinajstić information content (AvgIpc) is 0.790. The molecule has 2 fully saturated rings. The van der Waals surface area contributed by atoms with E-state index in [2.05, 4.69) is 92.1 Å². The third-order valence-electron chi connectivity index (χ3n) is 20.6. The summed E-state index contributed by atoms with van der Waals surface area (Å²) < 4.78 is 22.9. The second-order valence-electron chi connectivity index (χ2n) is 29.9. The number of allylic oxidation sites excluding steroid dienone is 13. The predicted octanol–water partition coefficient (Wildman–Crippen LogP) is 20.3. The van der Waals surface area contributed by atoms with E-state index in [0.29, 0.717) is 12.8 Å². The maximum absolute atomic E-state index is 13.4. The molecule has 2 heterocycles. The Morgan fingerprint density at radius 2 is 0.686 bits per heavy atom. The Labute approximate surface area is 624 Å². The summed E-state index contributed by atoms with van der Waals surface area (Å²) in [5, 5.41) is 87.8. The topological polar surface area (TPSA) is 228 Å². The van der Waals surface area contributed by atoms with Crippen LogP contribution >= 0.6 is 0 Å². The molecule has 0 aromatic rings. The van der Waals surface area contributed by atoms with Crippen molar-refractivity contribution < 1.29 is 64.6 Å². The Hall–Kier alpha value is -2.83. The second-order valence-corrected chi connectivity index (χ2v) is 29.9. The van der Waals surface area contributed by atoms with Crippen molar-refractivity contribution in [2.75, 3.05) is 19.8 Å². The van der Waals surface area contributed by atoms with Gasteiger partial charge in [-0.1, -0.05) is 375 Å². The Kier molecular flexibility index (Phi) is 66.4. The molecule has 0 aliphatic carbocycles. The predicted molar refractivity (Wildman–Crippen MR) is 424 cm³/mol. The molecule has 0 saturated carbocycles. The molecule has 0 aromatic carbocycles. The number of aliphatic hydroxyl groups excluding tert-OH is 8. The van der Waals surface area contributed by atoms with E-state index < -0.39 is 86.8 Å². The number of carbonyl (C=O) groups excluding carboxylic acids is 1. The van der Waals surface area contributed by atoms with Crippen LogP contribution < -0.4 is 5.32 Å². The van der Waals surface area contributed by atoms with Crippen molar-refractivity contribution in [3.63, 3.8) is 0 Å². The van der Waals surface area contributed by atoms with Gasteiger partial charge in [0.15, 0.2) is 12.6 Å². The van der Waals surface area contributed by atoms with Crippen molar-refractivity contribution in [1.29, 1.82) is 0 Å². The Balaban J connectivity index is 1.58. The van der Waals surface area contributed by atoms with E-state index in [4.69, 9.17) is 18.9 Å². The summed E-state index contributed by atoms with van der Waals surface area (Å²) in [6.07, 6.45) is 84.0. The van der Waals surface area contributed by atoms with Crippen LogP contribution in [-0.2, 0) is 23.7 Å². The summed E-state index contributed by atoms with van der Waals surface area (Å²) in [7, 11) is 0. The molecule has 12 atom stereocenters. The largest absolute Gasteiger partial charge is 0.394 e. The van der Waals surface area contributed by atoms with E-state index in [1.165, 1.54) is 276 Å². The highest BCUT2D eigenvalue weighted by Crippen LogP contribution is 2.30. The van der Waals surface area contributed by atoms with Crippen LogP contribution in [0.2, 0.25) is 0 Å². The first-order chi connectivity index (χ1) is 50.1. The van der Waals surface area contributed by atoms with Gasteiger partial charge in [-0.05, 0) is 77.0 Å². The zero-order valence-corrected chi connectivity index (χ0v) is 65.3. The number of amides is 1. The number of rotatable bonds is 72. The molecular weight excluding hydrogens is 1280 g/mol. The number of carbonyl (C=O) groups is 1. The lowest BCUT2D eigenvalue weighted by molar-refractivity contribution is -0.359. The average molecular weight is 1440 g/mol. The van der Waals surface area contributed by atoms with E-state index in [9.17, 15) is 45.6 Å². The lowest BCUT2D eigenvalue weighted by atomic mass is 9.97. The molecule has 2 aliphatic heterocycles. The number of nitrogens with one attached hydrogen (secondary N) is 1. The molecule has 0 aromatic heterocycles. The first-order valence-electron chi connectivity index (χ1n) is 42.8. The maximum Gasteiger partial charge on any atom is 0.220 e. The van der Waals surface area contributed by atoms with Gasteiger partial charge in [-0.15, -0.1) is 0 Å². The molecule has 2 aliphatic rings. The minimum atomic E-state index is -1.79. The lowest BCUT2D eigenvalue weighted by Gasteiger charge is -2.46. The molecule has 14 nitrogen and oxygen atoms in total. The Morgan fingerprint density at radius 3 is 1.08 bits per heavy atom. The molecule has 1 amide bonds. The molecule has 14 heteroatoms. The molecule has 2 rings (SSSR count). The van der Waals surface area contributed by atoms with Crippen LogP contribution in [0.1, 0.15) is 373 Å². The number of hydrogen-bond acceptors (Lipinski definition) is 13. The van der Waals surface area contributed by atoms with Crippen LogP contribution in [0.4, 0.5) is 0 Å². The highest BCUT2D eigenvalue weighted by atomic mass is 16.7. The van der Waals surface area contributed by atoms with Gasteiger partial charge in [0.05, 0.1) is 32.0 Å². The summed E-state index contributed by atoms with van der Waals surface area (Å²) in [4.78, 5) is 13.4. The van der Waals surface area contributed by atoms with Crippen molar-refractivity contribution in [2.24, 2.45) is 0 Å². The smallest absolute Gasteiger partial charge is 0.220 e. The van der Waals surface area contributed by atoms with E-state index >= 15 is 0 Å². The maximum atomic E-state index is 13.4. The van der Waals surface area contributed by atoms with E-state index in [-0.39, 0.29) is 18.9 Å². The molecule has 0 radical (unpaired) electrons. The zero-order valence-electron chi connectivity index (χ0n) is 65.3. The first-order valence-corrected chi connectivity index (χ1v) is 42.8. The summed E-state index contributed by atoms with van der Waals surface area (Å²) in [5.74, 6) is -0.243. The standard InChI is InChI=1S/C88H159NO13/c1-3-5-7-9-11-13-15-17-19-21-23-25-27-29-31-33-34-35-36-37-38-39-40-41-42-44-46-48-50-52-54-56-58-60-62-64-66-68-70-72-80(93)89-76(75-99-87-85(98)83(96)86(79(74-91)101-87)102-88-84(97)82(95)81(94)78(73-90)100-88)77(92)71-69-67-65-63-61-59-57-55-53-51-49-47-45-43-32-30-28-26-24-22-20-18-16-14-12-10-8-6-4-2/h5,7,11,13,17,19,23,25,29,31,61,63,69,71,76-79,81-88,90-92,94-98H,3-4,6,8-10,12,14-16,18,20-22,24,26-28,30,32-60,62,64-68,70,72-75H2,1-2H3,(H,89,93)/b7-5-,13-11-,19-17-,25-23-,31-29-,63-61+,71-69+. The summed E-state index contributed by atoms with van der Waals surface area (Å²) in [6, 6.07) is -0.935. The fraction of sp³-hybridized carbons (Fsp3) is 0.830. The van der Waals surface area contributed by atoms with Crippen LogP contribution in [0.3, 0.4) is 0 Å². The van der Waals surface area contributed by atoms with Crippen molar-refractivity contribution in [3.05, 3.63) is 85.1 Å². The van der Waals surface area contributed by atoms with E-state index in [0.717, 1.165) is 64.2 Å². The van der Waals surface area contributed by atoms with Crippen LogP contribution in [0.25, 0.3) is 0 Å². The highest BCUT2D eigenvalue weighted by Gasteiger charge is 2.51. The van der Waals surface area contributed by atoms with Crippen molar-refractivity contribution >= 4 is 5.91 Å². The molecule has 0 spiro atoms. The quantitative estimate of drug-likeness (QED) is 0.0204. The molecular formula is C88H159NO13. The Morgan fingerprint density at radius 1 is 0.363 bits per heavy atom. The summed E-state index contributed by atoms with van der Waals surface area (Å²) >= 11 is 0. The van der Waals surface area contributed by atoms with Gasteiger partial charge in [-0.3, -0.25) is 4.79 Å². The van der Waals surface area contributed by atoms with E-state index in [1.807, 2.05) is 6.08 Å². The van der Waals surface area contributed by atoms with Gasteiger partial charge >= 0.3 is 0 Å². The summed E-state index contributed by atoms with van der Waals surface area (Å²) in [5.41, 5.74) is 0. The van der Waals surface area contributed by atoms with E-state index in [1.54, 1.807) is 6.08 Å². The van der Waals surface area contributed by atoms with Gasteiger partial charge in [0.2, 0.25) is 5.91 Å². The molecule has 0 bridgehead atoms.